The lowest BCUT2D eigenvalue weighted by atomic mass is 10.1. The van der Waals surface area contributed by atoms with Crippen LogP contribution in [-0.4, -0.2) is 33.3 Å². The van der Waals surface area contributed by atoms with Crippen LogP contribution >= 0.6 is 0 Å². The van der Waals surface area contributed by atoms with Crippen molar-refractivity contribution in [2.45, 2.75) is 20.1 Å². The second-order valence-electron chi connectivity index (χ2n) is 5.76. The maximum Gasteiger partial charge on any atom is 0.191 e. The third-order valence-corrected chi connectivity index (χ3v) is 3.70. The normalized spacial score (nSPS) is 11.2. The number of guanidine groups is 1. The lowest BCUT2D eigenvalue weighted by Crippen LogP contribution is -2.38. The van der Waals surface area contributed by atoms with Crippen molar-refractivity contribution in [3.63, 3.8) is 0 Å². The van der Waals surface area contributed by atoms with Crippen LogP contribution in [0, 0.1) is 6.92 Å². The van der Waals surface area contributed by atoms with Crippen LogP contribution in [0.1, 0.15) is 16.7 Å². The number of methoxy groups -OCH3 is 1. The quantitative estimate of drug-likeness (QED) is 0.440. The maximum absolute atomic E-state index is 5.70. The molecule has 0 aliphatic carbocycles. The summed E-state index contributed by atoms with van der Waals surface area (Å²) in [6.45, 7) is 4.67. The average Bonchev–Trinajstić information content (AvgIpc) is 2.64. The highest BCUT2D eigenvalue weighted by Gasteiger charge is 1.99. The highest BCUT2D eigenvalue weighted by Crippen LogP contribution is 2.10. The van der Waals surface area contributed by atoms with E-state index >= 15 is 0 Å². The van der Waals surface area contributed by atoms with E-state index in [1.807, 2.05) is 24.3 Å². The van der Waals surface area contributed by atoms with Gasteiger partial charge in [0.05, 0.1) is 13.2 Å². The van der Waals surface area contributed by atoms with E-state index < -0.39 is 0 Å². The second-order valence-corrected chi connectivity index (χ2v) is 5.76. The molecule has 0 saturated heterocycles. The Morgan fingerprint density at radius 3 is 2.28 bits per heavy atom. The number of ether oxygens (including phenoxy) is 2. The molecule has 0 atom stereocenters. The van der Waals surface area contributed by atoms with E-state index in [0.717, 1.165) is 11.7 Å². The molecule has 0 aromatic heterocycles. The van der Waals surface area contributed by atoms with Gasteiger partial charge in [-0.05, 0) is 30.2 Å². The number of hydrogen-bond acceptors (Lipinski definition) is 3. The number of nitrogens with zero attached hydrogens (tertiary/aromatic N) is 1. The summed E-state index contributed by atoms with van der Waals surface area (Å²) >= 11 is 0. The molecule has 0 heterocycles. The molecule has 2 rings (SSSR count). The van der Waals surface area contributed by atoms with E-state index in [4.69, 9.17) is 9.47 Å². The summed E-state index contributed by atoms with van der Waals surface area (Å²) in [6, 6.07) is 16.4. The molecule has 2 N–H and O–H groups in total. The maximum atomic E-state index is 5.70. The minimum Gasteiger partial charge on any atom is -0.492 e. The summed E-state index contributed by atoms with van der Waals surface area (Å²) in [5.41, 5.74) is 3.59. The molecular formula is C20H27N3O2. The molecule has 0 radical (unpaired) electrons. The first-order valence-electron chi connectivity index (χ1n) is 8.42. The highest BCUT2D eigenvalue weighted by atomic mass is 16.5. The smallest absolute Gasteiger partial charge is 0.191 e. The van der Waals surface area contributed by atoms with Gasteiger partial charge >= 0.3 is 0 Å². The summed E-state index contributed by atoms with van der Waals surface area (Å²) in [4.78, 5) is 4.23. The molecule has 0 amide bonds. The fourth-order valence-corrected chi connectivity index (χ4v) is 2.30. The van der Waals surface area contributed by atoms with Crippen molar-refractivity contribution in [2.75, 3.05) is 27.3 Å². The van der Waals surface area contributed by atoms with Crippen molar-refractivity contribution < 1.29 is 9.47 Å². The van der Waals surface area contributed by atoms with Crippen molar-refractivity contribution in [1.29, 1.82) is 0 Å². The lowest BCUT2D eigenvalue weighted by Gasteiger charge is -2.13. The van der Waals surface area contributed by atoms with Crippen molar-refractivity contribution >= 4 is 5.96 Å². The molecule has 0 aliphatic heterocycles. The molecule has 0 saturated carbocycles. The van der Waals surface area contributed by atoms with Crippen LogP contribution in [0.5, 0.6) is 5.75 Å². The Hall–Kier alpha value is -2.53. The molecule has 2 aromatic rings. The average molecular weight is 341 g/mol. The molecule has 25 heavy (non-hydrogen) atoms. The zero-order chi connectivity index (χ0) is 17.9. The summed E-state index contributed by atoms with van der Waals surface area (Å²) in [5.74, 6) is 1.64. The van der Waals surface area contributed by atoms with Gasteiger partial charge in [0.2, 0.25) is 0 Å². The van der Waals surface area contributed by atoms with E-state index in [1.54, 1.807) is 14.2 Å². The molecule has 5 nitrogen and oxygen atoms in total. The molecular weight excluding hydrogens is 314 g/mol. The predicted molar refractivity (Wildman–Crippen MR) is 102 cm³/mol. The predicted octanol–water partition coefficient (Wildman–Crippen LogP) is 2.89. The van der Waals surface area contributed by atoms with Gasteiger partial charge in [-0.3, -0.25) is 4.99 Å². The number of benzene rings is 2. The summed E-state index contributed by atoms with van der Waals surface area (Å²) < 4.78 is 10.8. The van der Waals surface area contributed by atoms with Crippen LogP contribution in [-0.2, 0) is 17.9 Å². The monoisotopic (exact) mass is 341 g/mol. The van der Waals surface area contributed by atoms with E-state index in [0.29, 0.717) is 26.3 Å². The molecule has 0 bridgehead atoms. The van der Waals surface area contributed by atoms with Gasteiger partial charge in [0, 0.05) is 20.7 Å². The van der Waals surface area contributed by atoms with Gasteiger partial charge in [0.1, 0.15) is 12.4 Å². The molecule has 2 aromatic carbocycles. The van der Waals surface area contributed by atoms with Crippen molar-refractivity contribution in [1.82, 2.24) is 10.6 Å². The van der Waals surface area contributed by atoms with Gasteiger partial charge in [-0.2, -0.15) is 0 Å². The lowest BCUT2D eigenvalue weighted by molar-refractivity contribution is 0.185. The van der Waals surface area contributed by atoms with E-state index in [-0.39, 0.29) is 0 Å². The van der Waals surface area contributed by atoms with Crippen LogP contribution in [0.4, 0.5) is 0 Å². The van der Waals surface area contributed by atoms with Gasteiger partial charge in [-0.15, -0.1) is 0 Å². The van der Waals surface area contributed by atoms with Crippen LogP contribution < -0.4 is 15.4 Å². The SMILES string of the molecule is CN=C(NCCOc1ccc(C)cc1)NCc1ccc(COC)cc1. The van der Waals surface area contributed by atoms with E-state index in [1.165, 1.54) is 16.7 Å². The Balaban J connectivity index is 1.68. The van der Waals surface area contributed by atoms with Crippen LogP contribution in [0.2, 0.25) is 0 Å². The van der Waals surface area contributed by atoms with Crippen molar-refractivity contribution in [3.05, 3.63) is 65.2 Å². The van der Waals surface area contributed by atoms with E-state index in [2.05, 4.69) is 46.8 Å². The second kappa shape index (κ2) is 10.4. The Bertz CT molecular complexity index is 652. The number of rotatable bonds is 8. The Morgan fingerprint density at radius 2 is 1.64 bits per heavy atom. The Morgan fingerprint density at radius 1 is 0.960 bits per heavy atom. The summed E-state index contributed by atoms with van der Waals surface area (Å²) in [5, 5.41) is 6.54. The Kier molecular flexibility index (Phi) is 7.79. The first-order valence-corrected chi connectivity index (χ1v) is 8.42. The number of nitrogens with one attached hydrogen (secondary N) is 2. The third-order valence-electron chi connectivity index (χ3n) is 3.70. The molecule has 5 heteroatoms. The number of aliphatic imine (C=N–C) groups is 1. The van der Waals surface area contributed by atoms with Crippen molar-refractivity contribution in [2.24, 2.45) is 4.99 Å². The van der Waals surface area contributed by atoms with Crippen molar-refractivity contribution in [3.8, 4) is 5.75 Å². The van der Waals surface area contributed by atoms with Gasteiger partial charge in [0.25, 0.3) is 0 Å². The van der Waals surface area contributed by atoms with Crippen LogP contribution in [0.25, 0.3) is 0 Å². The van der Waals surface area contributed by atoms with Crippen LogP contribution in [0.15, 0.2) is 53.5 Å². The zero-order valence-electron chi connectivity index (χ0n) is 15.2. The highest BCUT2D eigenvalue weighted by molar-refractivity contribution is 5.79. The molecule has 0 fully saturated rings. The van der Waals surface area contributed by atoms with Crippen LogP contribution in [0.3, 0.4) is 0 Å². The van der Waals surface area contributed by atoms with E-state index in [9.17, 15) is 0 Å². The minimum absolute atomic E-state index is 0.579. The number of aryl methyl sites for hydroxylation is 1. The van der Waals surface area contributed by atoms with Gasteiger partial charge in [-0.1, -0.05) is 42.0 Å². The first kappa shape index (κ1) is 18.8. The third kappa shape index (κ3) is 6.85. The van der Waals surface area contributed by atoms with Gasteiger partial charge in [-0.25, -0.2) is 0 Å². The van der Waals surface area contributed by atoms with Gasteiger partial charge < -0.3 is 20.1 Å². The first-order chi connectivity index (χ1) is 12.2. The minimum atomic E-state index is 0.579. The molecule has 0 aliphatic rings. The topological polar surface area (TPSA) is 54.9 Å². The Labute approximate surface area is 150 Å². The zero-order valence-corrected chi connectivity index (χ0v) is 15.2. The fourth-order valence-electron chi connectivity index (χ4n) is 2.30. The fraction of sp³-hybridized carbons (Fsp3) is 0.350. The van der Waals surface area contributed by atoms with Gasteiger partial charge in [0.15, 0.2) is 5.96 Å². The largest absolute Gasteiger partial charge is 0.492 e. The molecule has 0 spiro atoms. The standard InChI is InChI=1S/C20H27N3O2/c1-16-4-10-19(11-5-16)25-13-12-22-20(21-2)23-14-17-6-8-18(9-7-17)15-24-3/h4-11H,12-15H2,1-3H3,(H2,21,22,23). The molecule has 0 unspecified atom stereocenters. The molecule has 134 valence electrons. The summed E-state index contributed by atoms with van der Waals surface area (Å²) in [7, 11) is 3.46. The number of hydrogen-bond donors (Lipinski definition) is 2. The summed E-state index contributed by atoms with van der Waals surface area (Å²) in [6.07, 6.45) is 0.